The Bertz CT molecular complexity index is 946. The lowest BCUT2D eigenvalue weighted by Gasteiger charge is -2.28. The molecule has 8 heteroatoms. The third kappa shape index (κ3) is 6.73. The molecule has 0 aliphatic heterocycles. The van der Waals surface area contributed by atoms with Gasteiger partial charge in [0, 0.05) is 6.54 Å². The minimum absolute atomic E-state index is 0.115. The molecule has 2 aromatic rings. The summed E-state index contributed by atoms with van der Waals surface area (Å²) in [5.74, 6) is -0.373. The predicted octanol–water partition coefficient (Wildman–Crippen LogP) is 3.52. The number of anilines is 1. The average molecular weight is 437 g/mol. The maximum absolute atomic E-state index is 14.1. The van der Waals surface area contributed by atoms with Crippen molar-refractivity contribution in [1.29, 1.82) is 0 Å². The van der Waals surface area contributed by atoms with Gasteiger partial charge < -0.3 is 10.1 Å². The standard InChI is InChI=1S/C22H29FN2O4S/c1-16(2)29-19-13-11-18(12-14-19)8-7-15-24-22(26)17(3)25(30(4,27)28)21-10-6-5-9-20(21)23/h5-6,9-14,16-17H,7-8,15H2,1-4H3,(H,24,26)/t17-/m1/s1. The summed E-state index contributed by atoms with van der Waals surface area (Å²) in [4.78, 5) is 12.5. The minimum atomic E-state index is -3.85. The summed E-state index contributed by atoms with van der Waals surface area (Å²) in [6.45, 7) is 5.75. The molecule has 2 rings (SSSR count). The lowest BCUT2D eigenvalue weighted by molar-refractivity contribution is -0.121. The van der Waals surface area contributed by atoms with Crippen LogP contribution in [0.4, 0.5) is 10.1 Å². The van der Waals surface area contributed by atoms with Gasteiger partial charge in [-0.25, -0.2) is 12.8 Å². The van der Waals surface area contributed by atoms with Crippen LogP contribution in [0.3, 0.4) is 0 Å². The first kappa shape index (κ1) is 23.7. The number of carbonyl (C=O) groups is 1. The highest BCUT2D eigenvalue weighted by atomic mass is 32.2. The van der Waals surface area contributed by atoms with E-state index < -0.39 is 27.8 Å². The van der Waals surface area contributed by atoms with E-state index in [9.17, 15) is 17.6 Å². The van der Waals surface area contributed by atoms with E-state index in [0.717, 1.165) is 34.4 Å². The largest absolute Gasteiger partial charge is 0.491 e. The highest BCUT2D eigenvalue weighted by Crippen LogP contribution is 2.24. The van der Waals surface area contributed by atoms with Gasteiger partial charge in [0.1, 0.15) is 17.6 Å². The number of hydrogen-bond acceptors (Lipinski definition) is 4. The second-order valence-electron chi connectivity index (χ2n) is 7.39. The molecule has 0 unspecified atom stereocenters. The van der Waals surface area contributed by atoms with E-state index >= 15 is 0 Å². The van der Waals surface area contributed by atoms with Crippen LogP contribution in [0.5, 0.6) is 5.75 Å². The Morgan fingerprint density at radius 3 is 2.30 bits per heavy atom. The molecule has 0 aromatic heterocycles. The summed E-state index contributed by atoms with van der Waals surface area (Å²) in [6, 6.07) is 12.2. The zero-order valence-corrected chi connectivity index (χ0v) is 18.6. The van der Waals surface area contributed by atoms with Crippen LogP contribution in [0.1, 0.15) is 32.8 Å². The van der Waals surface area contributed by atoms with Gasteiger partial charge in [-0.1, -0.05) is 24.3 Å². The number of nitrogens with zero attached hydrogens (tertiary/aromatic N) is 1. The van der Waals surface area contributed by atoms with E-state index in [1.807, 2.05) is 38.1 Å². The Balaban J connectivity index is 1.92. The quantitative estimate of drug-likeness (QED) is 0.578. The van der Waals surface area contributed by atoms with Crippen LogP contribution in [0.2, 0.25) is 0 Å². The highest BCUT2D eigenvalue weighted by molar-refractivity contribution is 7.92. The molecule has 0 saturated heterocycles. The maximum Gasteiger partial charge on any atom is 0.243 e. The van der Waals surface area contributed by atoms with Crippen LogP contribution < -0.4 is 14.4 Å². The van der Waals surface area contributed by atoms with Crippen molar-refractivity contribution in [2.75, 3.05) is 17.1 Å². The second-order valence-corrected chi connectivity index (χ2v) is 9.25. The van der Waals surface area contributed by atoms with Crippen molar-refractivity contribution in [1.82, 2.24) is 5.32 Å². The normalized spacial score (nSPS) is 12.5. The molecule has 0 aliphatic carbocycles. The Labute approximate surface area is 178 Å². The third-order valence-corrected chi connectivity index (χ3v) is 5.64. The molecule has 0 heterocycles. The number of sulfonamides is 1. The third-order valence-electron chi connectivity index (χ3n) is 4.41. The van der Waals surface area contributed by atoms with E-state index in [4.69, 9.17) is 4.74 Å². The number of carbonyl (C=O) groups excluding carboxylic acids is 1. The molecule has 0 saturated carbocycles. The average Bonchev–Trinajstić information content (AvgIpc) is 2.66. The van der Waals surface area contributed by atoms with Gasteiger partial charge in [0.05, 0.1) is 18.0 Å². The fourth-order valence-corrected chi connectivity index (χ4v) is 4.25. The summed E-state index contributed by atoms with van der Waals surface area (Å²) in [6.07, 6.45) is 2.50. The number of nitrogens with one attached hydrogen (secondary N) is 1. The number of ether oxygens (including phenoxy) is 1. The fraction of sp³-hybridized carbons (Fsp3) is 0.409. The van der Waals surface area contributed by atoms with Crippen molar-refractivity contribution in [2.24, 2.45) is 0 Å². The molecule has 164 valence electrons. The van der Waals surface area contributed by atoms with Crippen LogP contribution in [0, 0.1) is 5.82 Å². The van der Waals surface area contributed by atoms with Gasteiger partial charge in [0.15, 0.2) is 0 Å². The molecule has 0 radical (unpaired) electrons. The van der Waals surface area contributed by atoms with Crippen molar-refractivity contribution >= 4 is 21.6 Å². The number of halogens is 1. The van der Waals surface area contributed by atoms with Gasteiger partial charge in [-0.05, 0) is 63.4 Å². The monoisotopic (exact) mass is 436 g/mol. The molecule has 2 aromatic carbocycles. The first-order valence-corrected chi connectivity index (χ1v) is 11.7. The SMILES string of the molecule is CC(C)Oc1ccc(CCCNC(=O)[C@@H](C)N(c2ccccc2F)S(C)(=O)=O)cc1. The molecule has 0 spiro atoms. The Hall–Kier alpha value is -2.61. The number of aryl methyl sites for hydroxylation is 1. The van der Waals surface area contributed by atoms with Crippen molar-refractivity contribution in [2.45, 2.75) is 45.8 Å². The molecular formula is C22H29FN2O4S. The smallest absolute Gasteiger partial charge is 0.243 e. The Morgan fingerprint density at radius 2 is 1.73 bits per heavy atom. The van der Waals surface area contributed by atoms with Crippen LogP contribution >= 0.6 is 0 Å². The molecule has 0 aliphatic rings. The molecule has 0 bridgehead atoms. The maximum atomic E-state index is 14.1. The number of rotatable bonds is 10. The summed E-state index contributed by atoms with van der Waals surface area (Å²) in [5.41, 5.74) is 0.962. The van der Waals surface area contributed by atoms with Gasteiger partial charge in [0.25, 0.3) is 0 Å². The summed E-state index contributed by atoms with van der Waals surface area (Å²) < 4.78 is 45.0. The zero-order chi connectivity index (χ0) is 22.3. The molecular weight excluding hydrogens is 407 g/mol. The van der Waals surface area contributed by atoms with Gasteiger partial charge >= 0.3 is 0 Å². The van der Waals surface area contributed by atoms with E-state index in [-0.39, 0.29) is 11.8 Å². The van der Waals surface area contributed by atoms with Crippen molar-refractivity contribution in [3.8, 4) is 5.75 Å². The molecule has 1 atom stereocenters. The Kier molecular flexibility index (Phi) is 8.23. The molecule has 30 heavy (non-hydrogen) atoms. The van der Waals surface area contributed by atoms with E-state index in [2.05, 4.69) is 5.32 Å². The number of para-hydroxylation sites is 1. The first-order chi connectivity index (χ1) is 14.1. The zero-order valence-electron chi connectivity index (χ0n) is 17.8. The summed E-state index contributed by atoms with van der Waals surface area (Å²) in [7, 11) is -3.85. The van der Waals surface area contributed by atoms with Gasteiger partial charge in [-0.3, -0.25) is 9.10 Å². The number of amides is 1. The fourth-order valence-electron chi connectivity index (χ4n) is 3.07. The lowest BCUT2D eigenvalue weighted by atomic mass is 10.1. The lowest BCUT2D eigenvalue weighted by Crippen LogP contribution is -2.48. The van der Waals surface area contributed by atoms with Crippen molar-refractivity contribution in [3.63, 3.8) is 0 Å². The molecule has 6 nitrogen and oxygen atoms in total. The van der Waals surface area contributed by atoms with E-state index in [1.165, 1.54) is 25.1 Å². The van der Waals surface area contributed by atoms with Crippen molar-refractivity contribution in [3.05, 3.63) is 59.9 Å². The first-order valence-electron chi connectivity index (χ1n) is 9.87. The van der Waals surface area contributed by atoms with Crippen LogP contribution in [0.25, 0.3) is 0 Å². The van der Waals surface area contributed by atoms with Crippen LogP contribution in [0.15, 0.2) is 48.5 Å². The van der Waals surface area contributed by atoms with Gasteiger partial charge in [0.2, 0.25) is 15.9 Å². The highest BCUT2D eigenvalue weighted by Gasteiger charge is 2.30. The Morgan fingerprint density at radius 1 is 1.10 bits per heavy atom. The molecule has 1 amide bonds. The van der Waals surface area contributed by atoms with Crippen LogP contribution in [-0.2, 0) is 21.2 Å². The molecule has 1 N–H and O–H groups in total. The van der Waals surface area contributed by atoms with Gasteiger partial charge in [-0.2, -0.15) is 0 Å². The number of hydrogen-bond donors (Lipinski definition) is 1. The van der Waals surface area contributed by atoms with Crippen molar-refractivity contribution < 1.29 is 22.3 Å². The summed E-state index contributed by atoms with van der Waals surface area (Å²) in [5, 5.41) is 2.74. The van der Waals surface area contributed by atoms with Crippen LogP contribution in [-0.4, -0.2) is 39.3 Å². The second kappa shape index (κ2) is 10.4. The van der Waals surface area contributed by atoms with Gasteiger partial charge in [-0.15, -0.1) is 0 Å². The number of benzene rings is 2. The predicted molar refractivity (Wildman–Crippen MR) is 117 cm³/mol. The van der Waals surface area contributed by atoms with E-state index in [0.29, 0.717) is 13.0 Å². The minimum Gasteiger partial charge on any atom is -0.491 e. The molecule has 0 fully saturated rings. The van der Waals surface area contributed by atoms with E-state index in [1.54, 1.807) is 0 Å². The summed E-state index contributed by atoms with van der Waals surface area (Å²) >= 11 is 0. The topological polar surface area (TPSA) is 75.7 Å².